The molecule has 0 N–H and O–H groups in total. The lowest BCUT2D eigenvalue weighted by atomic mass is 10.1. The van der Waals surface area contributed by atoms with Gasteiger partial charge < -0.3 is 9.64 Å². The first-order valence-electron chi connectivity index (χ1n) is 10.7. The van der Waals surface area contributed by atoms with Gasteiger partial charge in [0.25, 0.3) is 0 Å². The summed E-state index contributed by atoms with van der Waals surface area (Å²) >= 11 is 1.69. The number of nitrogens with zero attached hydrogens (tertiary/aromatic N) is 4. The zero-order valence-corrected chi connectivity index (χ0v) is 18.0. The Bertz CT molecular complexity index is 1050. The van der Waals surface area contributed by atoms with Crippen molar-refractivity contribution in [2.75, 3.05) is 24.5 Å². The van der Waals surface area contributed by atoms with Crippen LogP contribution < -0.4 is 9.64 Å². The van der Waals surface area contributed by atoms with Crippen LogP contribution in [-0.4, -0.2) is 34.5 Å². The van der Waals surface area contributed by atoms with E-state index in [-0.39, 0.29) is 5.75 Å². The van der Waals surface area contributed by atoms with Crippen LogP contribution in [0.4, 0.5) is 14.7 Å². The second-order valence-electron chi connectivity index (χ2n) is 8.07. The van der Waals surface area contributed by atoms with Crippen molar-refractivity contribution in [1.29, 1.82) is 0 Å². The summed E-state index contributed by atoms with van der Waals surface area (Å²) in [6, 6.07) is 5.46. The molecule has 5 rings (SSSR count). The summed E-state index contributed by atoms with van der Waals surface area (Å²) < 4.78 is 33.6. The number of thiophene rings is 1. The Morgan fingerprint density at radius 2 is 1.90 bits per heavy atom. The van der Waals surface area contributed by atoms with Crippen molar-refractivity contribution < 1.29 is 13.5 Å². The first kappa shape index (κ1) is 20.3. The largest absolute Gasteiger partial charge is 0.435 e. The van der Waals surface area contributed by atoms with Gasteiger partial charge in [0.15, 0.2) is 11.6 Å². The Morgan fingerprint density at radius 1 is 1.03 bits per heavy atom. The van der Waals surface area contributed by atoms with Crippen molar-refractivity contribution in [3.05, 3.63) is 63.5 Å². The van der Waals surface area contributed by atoms with Crippen LogP contribution in [0.3, 0.4) is 0 Å². The third-order valence-corrected chi connectivity index (χ3v) is 6.55. The number of ether oxygens (including phenoxy) is 1. The second-order valence-corrected chi connectivity index (χ2v) is 8.85. The third-order valence-electron chi connectivity index (χ3n) is 5.82. The van der Waals surface area contributed by atoms with Crippen molar-refractivity contribution in [2.45, 2.75) is 38.8 Å². The molecule has 0 bridgehead atoms. The molecule has 1 aromatic carbocycles. The Kier molecular flexibility index (Phi) is 5.82. The standard InChI is InChI=1S/C23H24F2N4OS/c24-17-4-5-21(19(25)12-17)30-22-18-14-28(13-16-7-11-31-15-16)10-6-20(18)26-23(27-22)29-8-2-1-3-9-29/h4-5,7,11-12,15H,1-3,6,8-10,13-14H2. The Balaban J connectivity index is 1.48. The SMILES string of the molecule is Fc1ccc(Oc2nc(N3CCCCC3)nc3c2CN(Cc2ccsc2)CC3)c(F)c1. The maximum atomic E-state index is 14.3. The summed E-state index contributed by atoms with van der Waals surface area (Å²) in [4.78, 5) is 14.1. The maximum Gasteiger partial charge on any atom is 0.229 e. The average molecular weight is 443 g/mol. The Morgan fingerprint density at radius 3 is 2.68 bits per heavy atom. The van der Waals surface area contributed by atoms with E-state index in [2.05, 4.69) is 26.6 Å². The van der Waals surface area contributed by atoms with Crippen LogP contribution in [0.15, 0.2) is 35.0 Å². The molecule has 0 aliphatic carbocycles. The van der Waals surface area contributed by atoms with Gasteiger partial charge in [0.05, 0.1) is 11.3 Å². The first-order chi connectivity index (χ1) is 15.2. The third kappa shape index (κ3) is 4.55. The van der Waals surface area contributed by atoms with Crippen LogP contribution in [0, 0.1) is 11.6 Å². The van der Waals surface area contributed by atoms with Crippen LogP contribution in [0.5, 0.6) is 11.6 Å². The molecule has 0 amide bonds. The number of halogens is 2. The summed E-state index contributed by atoms with van der Waals surface area (Å²) in [6.07, 6.45) is 4.21. The zero-order chi connectivity index (χ0) is 21.2. The maximum absolute atomic E-state index is 14.3. The molecule has 31 heavy (non-hydrogen) atoms. The fourth-order valence-electron chi connectivity index (χ4n) is 4.18. The Labute approximate surface area is 184 Å². The predicted octanol–water partition coefficient (Wildman–Crippen LogP) is 5.16. The minimum absolute atomic E-state index is 0.0261. The summed E-state index contributed by atoms with van der Waals surface area (Å²) in [5.74, 6) is -0.390. The number of aromatic nitrogens is 2. The molecular formula is C23H24F2N4OS. The van der Waals surface area contributed by atoms with Gasteiger partial charge in [0, 0.05) is 45.2 Å². The van der Waals surface area contributed by atoms with E-state index in [1.807, 2.05) is 0 Å². The minimum atomic E-state index is -0.738. The highest BCUT2D eigenvalue weighted by molar-refractivity contribution is 7.07. The lowest BCUT2D eigenvalue weighted by Crippen LogP contribution is -2.34. The van der Waals surface area contributed by atoms with Gasteiger partial charge in [-0.2, -0.15) is 16.3 Å². The summed E-state index contributed by atoms with van der Waals surface area (Å²) in [5.41, 5.74) is 3.10. The molecule has 2 aromatic heterocycles. The molecule has 8 heteroatoms. The lowest BCUT2D eigenvalue weighted by molar-refractivity contribution is 0.238. The highest BCUT2D eigenvalue weighted by atomic mass is 32.1. The van der Waals surface area contributed by atoms with E-state index in [0.717, 1.165) is 62.8 Å². The van der Waals surface area contributed by atoms with Gasteiger partial charge in [-0.25, -0.2) is 13.8 Å². The quantitative estimate of drug-likeness (QED) is 0.546. The topological polar surface area (TPSA) is 41.5 Å². The van der Waals surface area contributed by atoms with Gasteiger partial charge in [0.1, 0.15) is 5.82 Å². The molecule has 2 aliphatic heterocycles. The molecule has 0 atom stereocenters. The van der Waals surface area contributed by atoms with Crippen LogP contribution in [-0.2, 0) is 19.5 Å². The molecule has 5 nitrogen and oxygen atoms in total. The fourth-order valence-corrected chi connectivity index (χ4v) is 4.84. The molecule has 1 fully saturated rings. The minimum Gasteiger partial charge on any atom is -0.435 e. The van der Waals surface area contributed by atoms with E-state index in [0.29, 0.717) is 18.4 Å². The molecule has 0 radical (unpaired) electrons. The molecule has 0 saturated carbocycles. The van der Waals surface area contributed by atoms with Gasteiger partial charge >= 0.3 is 0 Å². The number of rotatable bonds is 5. The average Bonchev–Trinajstić information content (AvgIpc) is 3.29. The predicted molar refractivity (Wildman–Crippen MR) is 117 cm³/mol. The van der Waals surface area contributed by atoms with E-state index >= 15 is 0 Å². The summed E-state index contributed by atoms with van der Waals surface area (Å²) in [6.45, 7) is 4.18. The molecule has 3 aromatic rings. The number of anilines is 1. The molecule has 2 aliphatic rings. The van der Waals surface area contributed by atoms with Crippen molar-refractivity contribution in [2.24, 2.45) is 0 Å². The lowest BCUT2D eigenvalue weighted by Gasteiger charge is -2.31. The van der Waals surface area contributed by atoms with Crippen molar-refractivity contribution in [1.82, 2.24) is 14.9 Å². The number of hydrogen-bond donors (Lipinski definition) is 0. The normalized spacial score (nSPS) is 16.9. The first-order valence-corrected chi connectivity index (χ1v) is 11.6. The number of fused-ring (bicyclic) bond motifs is 1. The van der Waals surface area contributed by atoms with Crippen molar-refractivity contribution >= 4 is 17.3 Å². The van der Waals surface area contributed by atoms with Crippen molar-refractivity contribution in [3.8, 4) is 11.6 Å². The molecule has 0 spiro atoms. The number of benzene rings is 1. The van der Waals surface area contributed by atoms with Gasteiger partial charge in [-0.15, -0.1) is 0 Å². The van der Waals surface area contributed by atoms with Gasteiger partial charge in [-0.05, 0) is 53.8 Å². The van der Waals surface area contributed by atoms with E-state index < -0.39 is 11.6 Å². The van der Waals surface area contributed by atoms with Gasteiger partial charge in [-0.1, -0.05) is 0 Å². The summed E-state index contributed by atoms with van der Waals surface area (Å²) in [7, 11) is 0. The number of hydrogen-bond acceptors (Lipinski definition) is 6. The summed E-state index contributed by atoms with van der Waals surface area (Å²) in [5, 5.41) is 4.23. The van der Waals surface area contributed by atoms with E-state index in [4.69, 9.17) is 14.7 Å². The van der Waals surface area contributed by atoms with E-state index in [9.17, 15) is 8.78 Å². The van der Waals surface area contributed by atoms with Crippen LogP contribution in [0.2, 0.25) is 0 Å². The molecule has 4 heterocycles. The monoisotopic (exact) mass is 442 g/mol. The van der Waals surface area contributed by atoms with Gasteiger partial charge in [0.2, 0.25) is 11.8 Å². The van der Waals surface area contributed by atoms with E-state index in [1.54, 1.807) is 11.3 Å². The molecule has 0 unspecified atom stereocenters. The second kappa shape index (κ2) is 8.88. The van der Waals surface area contributed by atoms with E-state index in [1.165, 1.54) is 24.1 Å². The van der Waals surface area contributed by atoms with Crippen LogP contribution in [0.1, 0.15) is 36.1 Å². The molecule has 162 valence electrons. The van der Waals surface area contributed by atoms with Crippen LogP contribution in [0.25, 0.3) is 0 Å². The van der Waals surface area contributed by atoms with Crippen LogP contribution >= 0.6 is 11.3 Å². The Hall–Kier alpha value is -2.58. The highest BCUT2D eigenvalue weighted by Gasteiger charge is 2.26. The fraction of sp³-hybridized carbons (Fsp3) is 0.391. The van der Waals surface area contributed by atoms with Gasteiger partial charge in [-0.3, -0.25) is 4.90 Å². The molecule has 1 saturated heterocycles. The highest BCUT2D eigenvalue weighted by Crippen LogP contribution is 2.33. The smallest absolute Gasteiger partial charge is 0.229 e. The zero-order valence-electron chi connectivity index (χ0n) is 17.2. The number of piperidine rings is 1. The van der Waals surface area contributed by atoms with Crippen molar-refractivity contribution in [3.63, 3.8) is 0 Å². The molecular weight excluding hydrogens is 418 g/mol.